The first-order valence-corrected chi connectivity index (χ1v) is 3.38. The maximum Gasteiger partial charge on any atom is 0.459 e. The van der Waals surface area contributed by atoms with Gasteiger partial charge in [-0.15, -0.1) is 0 Å². The minimum atomic E-state index is -1.32. The van der Waals surface area contributed by atoms with Crippen molar-refractivity contribution in [3.63, 3.8) is 0 Å². The molecule has 0 spiro atoms. The smallest absolute Gasteiger partial charge is 0.427 e. The third kappa shape index (κ3) is 1.94. The normalized spacial score (nSPS) is 22.3. The predicted octanol–water partition coefficient (Wildman–Crippen LogP) is 0.239. The minimum absolute atomic E-state index is 0.257. The Hall–Kier alpha value is -1.05. The third-order valence-corrected chi connectivity index (χ3v) is 1.64. The number of nitrogens with zero attached hydrogens (tertiary/aromatic N) is 1. The van der Waals surface area contributed by atoms with Crippen LogP contribution in [0.15, 0.2) is 23.8 Å². The highest BCUT2D eigenvalue weighted by Crippen LogP contribution is 2.21. The monoisotopic (exact) mass is 149 g/mol. The Morgan fingerprint density at radius 1 is 1.64 bits per heavy atom. The molecular formula is C7H8BNO2. The first-order chi connectivity index (χ1) is 5.24. The van der Waals surface area contributed by atoms with E-state index in [1.165, 1.54) is 0 Å². The molecule has 56 valence electrons. The molecule has 0 unspecified atom stereocenters. The Kier molecular flexibility index (Phi) is 2.47. The molecule has 0 aromatic heterocycles. The maximum atomic E-state index is 8.73. The lowest BCUT2D eigenvalue weighted by molar-refractivity contribution is 0.394. The van der Waals surface area contributed by atoms with Gasteiger partial charge in [0.25, 0.3) is 0 Å². The Morgan fingerprint density at radius 2 is 2.36 bits per heavy atom. The van der Waals surface area contributed by atoms with Gasteiger partial charge in [-0.2, -0.15) is 5.26 Å². The summed E-state index contributed by atoms with van der Waals surface area (Å²) in [6.45, 7) is 0. The molecule has 0 aromatic rings. The highest BCUT2D eigenvalue weighted by molar-refractivity contribution is 6.44. The Labute approximate surface area is 65.4 Å². The summed E-state index contributed by atoms with van der Waals surface area (Å²) in [6.07, 6.45) is 5.47. The van der Waals surface area contributed by atoms with Crippen LogP contribution in [0.4, 0.5) is 0 Å². The van der Waals surface area contributed by atoms with Gasteiger partial charge in [-0.3, -0.25) is 0 Å². The molecule has 2 N–H and O–H groups in total. The number of nitriles is 1. The fraction of sp³-hybridized carbons (Fsp3) is 0.286. The first kappa shape index (κ1) is 8.06. The number of hydrogen-bond donors (Lipinski definition) is 2. The summed E-state index contributed by atoms with van der Waals surface area (Å²) in [5.74, 6) is -0.257. The summed E-state index contributed by atoms with van der Waals surface area (Å²) in [6, 6.07) is 1.97. The second-order valence-electron chi connectivity index (χ2n) is 2.44. The van der Waals surface area contributed by atoms with Crippen LogP contribution >= 0.6 is 0 Å². The summed E-state index contributed by atoms with van der Waals surface area (Å²) in [5.41, 5.74) is 0.585. The van der Waals surface area contributed by atoms with E-state index in [0.29, 0.717) is 12.0 Å². The molecule has 0 bridgehead atoms. The van der Waals surface area contributed by atoms with E-state index in [2.05, 4.69) is 0 Å². The van der Waals surface area contributed by atoms with Crippen molar-refractivity contribution in [2.45, 2.75) is 12.2 Å². The lowest BCUT2D eigenvalue weighted by atomic mass is 9.69. The summed E-state index contributed by atoms with van der Waals surface area (Å²) < 4.78 is 0. The van der Waals surface area contributed by atoms with Crippen molar-refractivity contribution >= 4 is 7.12 Å². The van der Waals surface area contributed by atoms with Crippen molar-refractivity contribution < 1.29 is 10.0 Å². The van der Waals surface area contributed by atoms with Crippen molar-refractivity contribution in [3.05, 3.63) is 23.8 Å². The Morgan fingerprint density at radius 3 is 2.73 bits per heavy atom. The summed E-state index contributed by atoms with van der Waals surface area (Å²) in [4.78, 5) is 0. The largest absolute Gasteiger partial charge is 0.459 e. The SMILES string of the molecule is N#CC1=CC[C@H](B(O)O)C=C1. The molecule has 1 rings (SSSR count). The summed E-state index contributed by atoms with van der Waals surface area (Å²) in [7, 11) is -1.32. The van der Waals surface area contributed by atoms with Crippen molar-refractivity contribution in [3.8, 4) is 6.07 Å². The second kappa shape index (κ2) is 3.38. The zero-order valence-electron chi connectivity index (χ0n) is 5.94. The predicted molar refractivity (Wildman–Crippen MR) is 41.4 cm³/mol. The number of hydrogen-bond acceptors (Lipinski definition) is 3. The lowest BCUT2D eigenvalue weighted by Crippen LogP contribution is -2.19. The fourth-order valence-corrected chi connectivity index (χ4v) is 0.941. The van der Waals surface area contributed by atoms with Gasteiger partial charge in [0.2, 0.25) is 0 Å². The van der Waals surface area contributed by atoms with E-state index in [-0.39, 0.29) is 5.82 Å². The van der Waals surface area contributed by atoms with Gasteiger partial charge in [-0.25, -0.2) is 0 Å². The number of allylic oxidation sites excluding steroid dienone is 4. The van der Waals surface area contributed by atoms with Crippen LogP contribution in [0.3, 0.4) is 0 Å². The van der Waals surface area contributed by atoms with Crippen molar-refractivity contribution in [1.82, 2.24) is 0 Å². The standard InChI is InChI=1S/C7H8BNO2/c9-5-6-1-3-7(4-2-6)8(10)11/h1-3,7,10-11H,4H2/t7-/m1/s1. The van der Waals surface area contributed by atoms with Gasteiger partial charge in [-0.1, -0.05) is 12.2 Å². The average molecular weight is 149 g/mol. The van der Waals surface area contributed by atoms with E-state index in [4.69, 9.17) is 15.3 Å². The highest BCUT2D eigenvalue weighted by Gasteiger charge is 2.21. The Bertz CT molecular complexity index is 239. The zero-order chi connectivity index (χ0) is 8.27. The molecule has 0 heterocycles. The van der Waals surface area contributed by atoms with E-state index in [9.17, 15) is 0 Å². The first-order valence-electron chi connectivity index (χ1n) is 3.38. The van der Waals surface area contributed by atoms with Crippen LogP contribution in [-0.4, -0.2) is 17.2 Å². The molecular weight excluding hydrogens is 141 g/mol. The molecule has 4 heteroatoms. The topological polar surface area (TPSA) is 64.2 Å². The third-order valence-electron chi connectivity index (χ3n) is 1.64. The van der Waals surface area contributed by atoms with Gasteiger partial charge >= 0.3 is 7.12 Å². The van der Waals surface area contributed by atoms with Crippen molar-refractivity contribution in [2.75, 3.05) is 0 Å². The van der Waals surface area contributed by atoms with Gasteiger partial charge in [-0.05, 0) is 12.5 Å². The van der Waals surface area contributed by atoms with Crippen LogP contribution in [0.5, 0.6) is 0 Å². The van der Waals surface area contributed by atoms with Gasteiger partial charge < -0.3 is 10.0 Å². The fourth-order valence-electron chi connectivity index (χ4n) is 0.941. The zero-order valence-corrected chi connectivity index (χ0v) is 5.94. The van der Waals surface area contributed by atoms with E-state index < -0.39 is 7.12 Å². The van der Waals surface area contributed by atoms with Crippen LogP contribution in [0.25, 0.3) is 0 Å². The van der Waals surface area contributed by atoms with Crippen LogP contribution in [0, 0.1) is 11.3 Å². The molecule has 0 aromatic carbocycles. The van der Waals surface area contributed by atoms with Crippen molar-refractivity contribution in [2.24, 2.45) is 0 Å². The van der Waals surface area contributed by atoms with E-state index in [0.717, 1.165) is 0 Å². The van der Waals surface area contributed by atoms with E-state index >= 15 is 0 Å². The molecule has 0 aliphatic heterocycles. The molecule has 0 saturated carbocycles. The molecule has 1 aliphatic carbocycles. The molecule has 3 nitrogen and oxygen atoms in total. The minimum Gasteiger partial charge on any atom is -0.427 e. The van der Waals surface area contributed by atoms with Crippen LogP contribution < -0.4 is 0 Å². The van der Waals surface area contributed by atoms with Crippen LogP contribution in [-0.2, 0) is 0 Å². The van der Waals surface area contributed by atoms with Gasteiger partial charge in [0.15, 0.2) is 0 Å². The molecule has 0 amide bonds. The average Bonchev–Trinajstić information content (AvgIpc) is 2.05. The molecule has 0 fully saturated rings. The van der Waals surface area contributed by atoms with E-state index in [1.54, 1.807) is 18.2 Å². The highest BCUT2D eigenvalue weighted by atomic mass is 16.4. The summed E-state index contributed by atoms with van der Waals surface area (Å²) in [5, 5.41) is 25.9. The van der Waals surface area contributed by atoms with Gasteiger partial charge in [0, 0.05) is 11.4 Å². The molecule has 0 radical (unpaired) electrons. The van der Waals surface area contributed by atoms with Crippen LogP contribution in [0.1, 0.15) is 6.42 Å². The van der Waals surface area contributed by atoms with Crippen LogP contribution in [0.2, 0.25) is 5.82 Å². The summed E-state index contributed by atoms with van der Waals surface area (Å²) >= 11 is 0. The maximum absolute atomic E-state index is 8.73. The quantitative estimate of drug-likeness (QED) is 0.524. The molecule has 1 atom stereocenters. The second-order valence-corrected chi connectivity index (χ2v) is 2.44. The molecule has 0 saturated heterocycles. The molecule has 11 heavy (non-hydrogen) atoms. The lowest BCUT2D eigenvalue weighted by Gasteiger charge is -2.11. The van der Waals surface area contributed by atoms with Gasteiger partial charge in [0.05, 0.1) is 6.07 Å². The Balaban J connectivity index is 2.59. The molecule has 1 aliphatic rings. The van der Waals surface area contributed by atoms with Crippen molar-refractivity contribution in [1.29, 1.82) is 5.26 Å². The number of rotatable bonds is 1. The van der Waals surface area contributed by atoms with E-state index in [1.807, 2.05) is 6.07 Å². The van der Waals surface area contributed by atoms with Gasteiger partial charge in [0.1, 0.15) is 0 Å².